The number of carbonyl (C=O) groups is 1. The van der Waals surface area contributed by atoms with E-state index in [1.54, 1.807) is 7.11 Å². The molecule has 2 N–H and O–H groups in total. The number of aliphatic hydroxyl groups is 1. The van der Waals surface area contributed by atoms with E-state index in [9.17, 15) is 5.11 Å². The Bertz CT molecular complexity index is 1800. The van der Waals surface area contributed by atoms with E-state index in [2.05, 4.69) is 75.1 Å². The van der Waals surface area contributed by atoms with Crippen LogP contribution in [0.25, 0.3) is 11.3 Å². The monoisotopic (exact) mass is 720 g/mol. The predicted molar refractivity (Wildman–Crippen MR) is 212 cm³/mol. The van der Waals surface area contributed by atoms with Gasteiger partial charge in [0.2, 0.25) is 5.91 Å². The number of aromatic nitrogens is 2. The molecule has 6 heteroatoms. The summed E-state index contributed by atoms with van der Waals surface area (Å²) in [5.74, 6) is 11.0. The van der Waals surface area contributed by atoms with Crippen molar-refractivity contribution in [2.75, 3.05) is 13.7 Å². The third-order valence-electron chi connectivity index (χ3n) is 17.7. The smallest absolute Gasteiger partial charge is 0.229 e. The molecule has 1 aliphatic heterocycles. The van der Waals surface area contributed by atoms with E-state index < -0.39 is 0 Å². The lowest BCUT2D eigenvalue weighted by molar-refractivity contribution is -0.249. The molecule has 8 rings (SSSR count). The molecule has 0 spiro atoms. The number of likely N-dealkylation sites (tertiary alicyclic amines) is 1. The molecule has 1 saturated heterocycles. The van der Waals surface area contributed by atoms with Crippen LogP contribution in [-0.2, 0) is 4.79 Å². The van der Waals surface area contributed by atoms with Crippen molar-refractivity contribution >= 4 is 5.91 Å². The van der Waals surface area contributed by atoms with Crippen LogP contribution in [0.3, 0.4) is 0 Å². The van der Waals surface area contributed by atoms with Gasteiger partial charge in [0.1, 0.15) is 11.6 Å². The van der Waals surface area contributed by atoms with Crippen LogP contribution in [0.1, 0.15) is 137 Å². The summed E-state index contributed by atoms with van der Waals surface area (Å²) in [5.41, 5.74) is 3.38. The Balaban J connectivity index is 1.10. The lowest BCUT2D eigenvalue weighted by Gasteiger charge is -2.73. The van der Waals surface area contributed by atoms with E-state index in [1.807, 2.05) is 25.3 Å². The average Bonchev–Trinajstić information content (AvgIpc) is 3.92. The standard InChI is InChI=1S/C47H65N3O3/c1-9-10-22-44(5)37-20-24-46(7)38(43(37,4)23-21-39(44)51)18-17-34-40-33(30(2)3)19-25-47(40,27-26-45(34,46)6)42(52)50-28-11-12-36(50)41-48-29-35(49-41)31-13-15-32(53-8)16-14-31/h13-16,29,33-34,36-40,51H,2,11-12,17-28H2,1,3-8H3,(H,48,49)/t33-,34+,36?,37?,38?,39-,40?,43-,44?,45+,46+,47-/m0/s1. The zero-order valence-electron chi connectivity index (χ0n) is 33.7. The molecule has 5 saturated carbocycles. The highest BCUT2D eigenvalue weighted by Gasteiger charge is 2.72. The summed E-state index contributed by atoms with van der Waals surface area (Å²) in [6.07, 6.45) is 15.4. The van der Waals surface area contributed by atoms with Crippen LogP contribution in [0.5, 0.6) is 5.75 Å². The summed E-state index contributed by atoms with van der Waals surface area (Å²) in [6.45, 7) is 19.9. The quantitative estimate of drug-likeness (QED) is 0.230. The number of fused-ring (bicyclic) bond motifs is 7. The summed E-state index contributed by atoms with van der Waals surface area (Å²) >= 11 is 0. The van der Waals surface area contributed by atoms with E-state index >= 15 is 4.79 Å². The number of H-pyrrole nitrogens is 1. The molecule has 0 radical (unpaired) electrons. The Kier molecular flexibility index (Phi) is 9.08. The summed E-state index contributed by atoms with van der Waals surface area (Å²) in [7, 11) is 1.69. The van der Waals surface area contributed by atoms with Crippen LogP contribution in [0.4, 0.5) is 0 Å². The van der Waals surface area contributed by atoms with Crippen molar-refractivity contribution in [3.63, 3.8) is 0 Å². The lowest BCUT2D eigenvalue weighted by atomic mass is 9.32. The van der Waals surface area contributed by atoms with Gasteiger partial charge in [-0.25, -0.2) is 4.98 Å². The molecule has 1 aromatic carbocycles. The molecule has 1 aromatic heterocycles. The molecule has 53 heavy (non-hydrogen) atoms. The fraction of sp³-hybridized carbons (Fsp3) is 0.702. The van der Waals surface area contributed by atoms with Gasteiger partial charge in [-0.1, -0.05) is 39.8 Å². The molecule has 1 amide bonds. The number of aromatic amines is 1. The van der Waals surface area contributed by atoms with Gasteiger partial charge in [-0.05, 0) is 167 Å². The number of hydrogen-bond donors (Lipinski definition) is 2. The summed E-state index contributed by atoms with van der Waals surface area (Å²) < 4.78 is 5.38. The second kappa shape index (κ2) is 13.0. The number of nitrogens with one attached hydrogen (secondary N) is 1. The minimum Gasteiger partial charge on any atom is -0.497 e. The fourth-order valence-electron chi connectivity index (χ4n) is 14.8. The molecule has 6 nitrogen and oxygen atoms in total. The molecule has 2 heterocycles. The Morgan fingerprint density at radius 2 is 1.75 bits per heavy atom. The Hall–Kier alpha value is -3.04. The highest BCUT2D eigenvalue weighted by atomic mass is 16.5. The van der Waals surface area contributed by atoms with E-state index in [4.69, 9.17) is 9.72 Å². The van der Waals surface area contributed by atoms with Gasteiger partial charge in [0.25, 0.3) is 0 Å². The number of imidazole rings is 1. The van der Waals surface area contributed by atoms with Crippen molar-refractivity contribution in [2.45, 2.75) is 137 Å². The molecular weight excluding hydrogens is 655 g/mol. The minimum atomic E-state index is -0.335. The number of nitrogens with zero attached hydrogens (tertiary/aromatic N) is 2. The van der Waals surface area contributed by atoms with Gasteiger partial charge in [-0.3, -0.25) is 4.79 Å². The van der Waals surface area contributed by atoms with Gasteiger partial charge in [0, 0.05) is 18.4 Å². The highest BCUT2D eigenvalue weighted by Crippen LogP contribution is 2.78. The maximum absolute atomic E-state index is 15.5. The first-order chi connectivity index (χ1) is 25.3. The molecule has 12 atom stereocenters. The zero-order valence-corrected chi connectivity index (χ0v) is 33.7. The number of ether oxygens (including phenoxy) is 1. The van der Waals surface area contributed by atoms with E-state index in [-0.39, 0.29) is 39.2 Å². The SMILES string of the molecule is C=C(C)[C@@H]1CC[C@]2(C(=O)N3CCCC3c3ncc(-c4ccc(OC)cc4)[nH]3)CC[C@]3(C)[C@H](CCC4[C@@]5(C)CC[C@H](O)C(C)(CC#CC)C5CC[C@]43C)C12. The highest BCUT2D eigenvalue weighted by molar-refractivity contribution is 5.84. The number of amides is 1. The molecule has 5 aliphatic carbocycles. The largest absolute Gasteiger partial charge is 0.497 e. The van der Waals surface area contributed by atoms with Crippen molar-refractivity contribution in [1.82, 2.24) is 14.9 Å². The fourth-order valence-corrected chi connectivity index (χ4v) is 14.8. The number of hydrogen-bond acceptors (Lipinski definition) is 4. The van der Waals surface area contributed by atoms with Crippen molar-refractivity contribution in [2.24, 2.45) is 56.7 Å². The van der Waals surface area contributed by atoms with Crippen molar-refractivity contribution < 1.29 is 14.6 Å². The predicted octanol–water partition coefficient (Wildman–Crippen LogP) is 10.2. The second-order valence-electron chi connectivity index (χ2n) is 19.6. The van der Waals surface area contributed by atoms with Gasteiger partial charge in [0.05, 0.1) is 36.6 Å². The van der Waals surface area contributed by atoms with Crippen LogP contribution in [0.15, 0.2) is 42.6 Å². The summed E-state index contributed by atoms with van der Waals surface area (Å²) in [6, 6.07) is 8.07. The maximum Gasteiger partial charge on any atom is 0.229 e. The number of allylic oxidation sites excluding steroid dienone is 1. The molecule has 0 bridgehead atoms. The van der Waals surface area contributed by atoms with Crippen molar-refractivity contribution in [1.29, 1.82) is 0 Å². The van der Waals surface area contributed by atoms with Crippen LogP contribution in [0.2, 0.25) is 0 Å². The van der Waals surface area contributed by atoms with Crippen LogP contribution in [-0.4, -0.2) is 45.6 Å². The normalized spacial score (nSPS) is 43.1. The lowest BCUT2D eigenvalue weighted by Crippen LogP contribution is -2.67. The van der Waals surface area contributed by atoms with Gasteiger partial charge < -0.3 is 19.7 Å². The van der Waals surface area contributed by atoms with Crippen LogP contribution >= 0.6 is 0 Å². The maximum atomic E-state index is 15.5. The summed E-state index contributed by atoms with van der Waals surface area (Å²) in [5, 5.41) is 11.5. The van der Waals surface area contributed by atoms with Gasteiger partial charge in [-0.15, -0.1) is 11.8 Å². The average molecular weight is 720 g/mol. The first kappa shape index (κ1) is 36.9. The first-order valence-electron chi connectivity index (χ1n) is 21.0. The number of benzene rings is 1. The van der Waals surface area contributed by atoms with Gasteiger partial charge >= 0.3 is 0 Å². The van der Waals surface area contributed by atoms with E-state index in [0.29, 0.717) is 35.5 Å². The van der Waals surface area contributed by atoms with Crippen molar-refractivity contribution in [3.8, 4) is 28.8 Å². The Morgan fingerprint density at radius 3 is 2.47 bits per heavy atom. The molecule has 286 valence electrons. The summed E-state index contributed by atoms with van der Waals surface area (Å²) in [4.78, 5) is 26.3. The third kappa shape index (κ3) is 5.21. The van der Waals surface area contributed by atoms with E-state index in [1.165, 1.54) is 31.3 Å². The third-order valence-corrected chi connectivity index (χ3v) is 17.7. The Morgan fingerprint density at radius 1 is 0.981 bits per heavy atom. The van der Waals surface area contributed by atoms with Crippen LogP contribution in [0, 0.1) is 68.5 Å². The molecule has 6 aliphatic rings. The molecule has 2 aromatic rings. The number of aliphatic hydroxyl groups excluding tert-OH is 1. The van der Waals surface area contributed by atoms with E-state index in [0.717, 1.165) is 87.2 Å². The van der Waals surface area contributed by atoms with Gasteiger partial charge in [-0.2, -0.15) is 0 Å². The molecule has 5 unspecified atom stereocenters. The first-order valence-corrected chi connectivity index (χ1v) is 21.0. The number of carbonyl (C=O) groups excluding carboxylic acids is 1. The second-order valence-corrected chi connectivity index (χ2v) is 19.6. The topological polar surface area (TPSA) is 78.5 Å². The Labute approximate surface area is 319 Å². The van der Waals surface area contributed by atoms with Crippen molar-refractivity contribution in [3.05, 3.63) is 48.4 Å². The number of methoxy groups -OCH3 is 1. The van der Waals surface area contributed by atoms with Gasteiger partial charge in [0.15, 0.2) is 0 Å². The number of rotatable bonds is 6. The minimum absolute atomic E-state index is 0.0152. The molecule has 6 fully saturated rings. The molecular formula is C47H65N3O3. The van der Waals surface area contributed by atoms with Crippen LogP contribution < -0.4 is 4.74 Å². The zero-order chi connectivity index (χ0) is 37.6.